The van der Waals surface area contributed by atoms with Crippen molar-refractivity contribution in [1.29, 1.82) is 0 Å². The van der Waals surface area contributed by atoms with Crippen LogP contribution in [0.5, 0.6) is 17.2 Å². The number of hydrogen-bond acceptors (Lipinski definition) is 6. The second kappa shape index (κ2) is 5.92. The quantitative estimate of drug-likeness (QED) is 0.882. The minimum absolute atomic E-state index is 0.0989. The van der Waals surface area contributed by atoms with Gasteiger partial charge in [0.1, 0.15) is 10.6 Å². The lowest BCUT2D eigenvalue weighted by atomic mass is 10.1. The topological polar surface area (TPSA) is 91.0 Å². The average Bonchev–Trinajstić information content (AvgIpc) is 2.87. The first kappa shape index (κ1) is 15.0. The van der Waals surface area contributed by atoms with E-state index in [4.69, 9.17) is 25.1 Å². The number of carboxylic acids is 1. The third-order valence-corrected chi connectivity index (χ3v) is 4.10. The van der Waals surface area contributed by atoms with Gasteiger partial charge in [-0.15, -0.1) is 11.3 Å². The van der Waals surface area contributed by atoms with Crippen molar-refractivity contribution in [3.8, 4) is 27.7 Å². The molecule has 0 aliphatic rings. The summed E-state index contributed by atoms with van der Waals surface area (Å²) in [4.78, 5) is 11.9. The molecule has 6 nitrogen and oxygen atoms in total. The third-order valence-electron chi connectivity index (χ3n) is 2.93. The van der Waals surface area contributed by atoms with Crippen LogP contribution in [-0.2, 0) is 0 Å². The number of benzene rings is 1. The Labute approximate surface area is 125 Å². The van der Waals surface area contributed by atoms with Crippen molar-refractivity contribution in [2.24, 2.45) is 0 Å². The number of nitrogens with two attached hydrogens (primary N) is 1. The first-order valence-electron chi connectivity index (χ1n) is 5.94. The Morgan fingerprint density at radius 1 is 1.05 bits per heavy atom. The maximum Gasteiger partial charge on any atom is 0.348 e. The van der Waals surface area contributed by atoms with Crippen molar-refractivity contribution >= 4 is 23.0 Å². The lowest BCUT2D eigenvalue weighted by Gasteiger charge is -2.13. The molecule has 0 atom stereocenters. The first-order valence-corrected chi connectivity index (χ1v) is 6.76. The van der Waals surface area contributed by atoms with Crippen LogP contribution in [0.15, 0.2) is 18.2 Å². The molecule has 0 radical (unpaired) electrons. The van der Waals surface area contributed by atoms with Gasteiger partial charge in [-0.2, -0.15) is 0 Å². The highest BCUT2D eigenvalue weighted by atomic mass is 32.1. The molecule has 0 bridgehead atoms. The average molecular weight is 309 g/mol. The molecule has 0 unspecified atom stereocenters. The number of aromatic carboxylic acids is 1. The van der Waals surface area contributed by atoms with Crippen LogP contribution in [-0.4, -0.2) is 32.4 Å². The second-order valence-electron chi connectivity index (χ2n) is 4.11. The molecule has 0 aliphatic carbocycles. The zero-order chi connectivity index (χ0) is 15.6. The van der Waals surface area contributed by atoms with E-state index in [1.54, 1.807) is 18.2 Å². The predicted octanol–water partition coefficient (Wildman–Crippen LogP) is 2.72. The van der Waals surface area contributed by atoms with Crippen LogP contribution >= 0.6 is 11.3 Å². The van der Waals surface area contributed by atoms with Crippen molar-refractivity contribution in [3.63, 3.8) is 0 Å². The van der Waals surface area contributed by atoms with Crippen molar-refractivity contribution < 1.29 is 24.1 Å². The molecule has 1 aromatic carbocycles. The van der Waals surface area contributed by atoms with Gasteiger partial charge in [-0.3, -0.25) is 0 Å². The van der Waals surface area contributed by atoms with Gasteiger partial charge >= 0.3 is 5.97 Å². The van der Waals surface area contributed by atoms with Crippen molar-refractivity contribution in [1.82, 2.24) is 0 Å². The Kier molecular flexibility index (Phi) is 4.23. The first-order chi connectivity index (χ1) is 10.0. The molecule has 3 N–H and O–H groups in total. The summed E-state index contributed by atoms with van der Waals surface area (Å²) in [6.45, 7) is 0. The lowest BCUT2D eigenvalue weighted by Crippen LogP contribution is -1.96. The molecule has 0 amide bonds. The summed E-state index contributed by atoms with van der Waals surface area (Å²) < 4.78 is 15.8. The van der Waals surface area contributed by atoms with Gasteiger partial charge in [-0.1, -0.05) is 0 Å². The number of carbonyl (C=O) groups is 1. The van der Waals surface area contributed by atoms with Crippen molar-refractivity contribution in [2.45, 2.75) is 0 Å². The minimum Gasteiger partial charge on any atom is -0.496 e. The normalized spacial score (nSPS) is 10.2. The Morgan fingerprint density at radius 3 is 2.10 bits per heavy atom. The summed E-state index contributed by atoms with van der Waals surface area (Å²) in [7, 11) is 4.59. The summed E-state index contributed by atoms with van der Waals surface area (Å²) in [6.07, 6.45) is 0. The molecular weight excluding hydrogens is 294 g/mol. The smallest absolute Gasteiger partial charge is 0.348 e. The van der Waals surface area contributed by atoms with Crippen molar-refractivity contribution in [2.75, 3.05) is 27.1 Å². The molecule has 7 heteroatoms. The minimum atomic E-state index is -1.05. The molecular formula is C14H15NO5S. The Bertz CT molecular complexity index is 680. The van der Waals surface area contributed by atoms with E-state index in [-0.39, 0.29) is 10.6 Å². The van der Waals surface area contributed by atoms with Crippen LogP contribution in [0.2, 0.25) is 0 Å². The van der Waals surface area contributed by atoms with Crippen LogP contribution < -0.4 is 19.9 Å². The highest BCUT2D eigenvalue weighted by Crippen LogP contribution is 2.43. The molecule has 0 spiro atoms. The van der Waals surface area contributed by atoms with E-state index < -0.39 is 5.97 Å². The molecule has 112 valence electrons. The summed E-state index contributed by atoms with van der Waals surface area (Å²) in [5.74, 6) is 0.548. The van der Waals surface area contributed by atoms with Gasteiger partial charge in [0.15, 0.2) is 11.5 Å². The van der Waals surface area contributed by atoms with Gasteiger partial charge in [-0.05, 0) is 12.1 Å². The fourth-order valence-corrected chi connectivity index (χ4v) is 2.87. The van der Waals surface area contributed by atoms with Crippen LogP contribution in [0.4, 0.5) is 5.69 Å². The van der Waals surface area contributed by atoms with E-state index in [9.17, 15) is 4.79 Å². The van der Waals surface area contributed by atoms with Crippen LogP contribution in [0, 0.1) is 0 Å². The highest BCUT2D eigenvalue weighted by molar-refractivity contribution is 7.18. The van der Waals surface area contributed by atoms with E-state index in [0.717, 1.165) is 11.3 Å². The summed E-state index contributed by atoms with van der Waals surface area (Å²) in [5.41, 5.74) is 6.65. The Morgan fingerprint density at radius 2 is 1.62 bits per heavy atom. The van der Waals surface area contributed by atoms with Crippen LogP contribution in [0.1, 0.15) is 9.67 Å². The number of ether oxygens (including phenoxy) is 3. The standard InChI is InChI=1S/C14H15NO5S/c1-18-9-6-11(20-3)10(19-2)4-7(9)12-5-8(15)13(21-12)14(16)17/h4-6H,15H2,1-3H3,(H,16,17). The molecule has 0 fully saturated rings. The van der Waals surface area contributed by atoms with Gasteiger partial charge < -0.3 is 25.1 Å². The fourth-order valence-electron chi connectivity index (χ4n) is 1.93. The molecule has 1 aromatic heterocycles. The van der Waals surface area contributed by atoms with Crippen molar-refractivity contribution in [3.05, 3.63) is 23.1 Å². The van der Waals surface area contributed by atoms with Crippen LogP contribution in [0.3, 0.4) is 0 Å². The highest BCUT2D eigenvalue weighted by Gasteiger charge is 2.19. The Balaban J connectivity index is 2.62. The van der Waals surface area contributed by atoms with E-state index >= 15 is 0 Å². The van der Waals surface area contributed by atoms with E-state index in [1.165, 1.54) is 21.3 Å². The summed E-state index contributed by atoms with van der Waals surface area (Å²) in [6, 6.07) is 5.02. The Hall–Kier alpha value is -2.41. The molecule has 2 rings (SSSR count). The van der Waals surface area contributed by atoms with E-state index in [0.29, 0.717) is 27.7 Å². The van der Waals surface area contributed by atoms with E-state index in [1.807, 2.05) is 0 Å². The van der Waals surface area contributed by atoms with Gasteiger partial charge in [0.05, 0.1) is 27.0 Å². The van der Waals surface area contributed by atoms with Gasteiger partial charge in [0.25, 0.3) is 0 Å². The molecule has 2 aromatic rings. The number of anilines is 1. The number of thiophene rings is 1. The largest absolute Gasteiger partial charge is 0.496 e. The van der Waals surface area contributed by atoms with E-state index in [2.05, 4.69) is 0 Å². The third kappa shape index (κ3) is 2.73. The van der Waals surface area contributed by atoms with Gasteiger partial charge in [0.2, 0.25) is 0 Å². The lowest BCUT2D eigenvalue weighted by molar-refractivity contribution is 0.0703. The molecule has 0 aliphatic heterocycles. The van der Waals surface area contributed by atoms with Crippen LogP contribution in [0.25, 0.3) is 10.4 Å². The van der Waals surface area contributed by atoms with Gasteiger partial charge in [0, 0.05) is 16.5 Å². The summed E-state index contributed by atoms with van der Waals surface area (Å²) in [5, 5.41) is 9.09. The number of nitrogen functional groups attached to an aromatic ring is 1. The number of rotatable bonds is 5. The monoisotopic (exact) mass is 309 g/mol. The number of hydrogen-bond donors (Lipinski definition) is 2. The van der Waals surface area contributed by atoms with Gasteiger partial charge in [-0.25, -0.2) is 4.79 Å². The maximum absolute atomic E-state index is 11.1. The second-order valence-corrected chi connectivity index (χ2v) is 5.16. The zero-order valence-electron chi connectivity index (χ0n) is 11.8. The number of methoxy groups -OCH3 is 3. The summed E-state index contributed by atoms with van der Waals surface area (Å²) >= 11 is 1.08. The maximum atomic E-state index is 11.1. The molecule has 1 heterocycles. The molecule has 0 saturated carbocycles. The molecule has 21 heavy (non-hydrogen) atoms. The molecule has 0 saturated heterocycles. The number of carboxylic acid groups (broad SMARTS) is 1. The fraction of sp³-hybridized carbons (Fsp3) is 0.214. The zero-order valence-corrected chi connectivity index (χ0v) is 12.6. The SMILES string of the molecule is COc1cc(OC)c(-c2cc(N)c(C(=O)O)s2)cc1OC. The predicted molar refractivity (Wildman–Crippen MR) is 80.8 cm³/mol.